The third-order valence-corrected chi connectivity index (χ3v) is 4.94. The molecule has 1 aromatic heterocycles. The molecule has 0 aliphatic rings. The zero-order valence-corrected chi connectivity index (χ0v) is 16.2. The summed E-state index contributed by atoms with van der Waals surface area (Å²) >= 11 is 1.57. The highest BCUT2D eigenvalue weighted by molar-refractivity contribution is 7.98. The van der Waals surface area contributed by atoms with Crippen LogP contribution in [0.2, 0.25) is 0 Å². The first-order chi connectivity index (χ1) is 13.6. The fraction of sp³-hybridized carbons (Fsp3) is 0.158. The first-order valence-corrected chi connectivity index (χ1v) is 9.31. The Morgan fingerprint density at radius 2 is 2.11 bits per heavy atom. The lowest BCUT2D eigenvalue weighted by atomic mass is 10.1. The first-order valence-electron chi connectivity index (χ1n) is 8.33. The molecule has 0 bridgehead atoms. The number of aromatic hydroxyl groups is 1. The van der Waals surface area contributed by atoms with Gasteiger partial charge in [0.1, 0.15) is 6.33 Å². The van der Waals surface area contributed by atoms with Crippen LogP contribution in [0.5, 0.6) is 11.5 Å². The van der Waals surface area contributed by atoms with Crippen LogP contribution in [-0.2, 0) is 12.8 Å². The van der Waals surface area contributed by atoms with Crippen LogP contribution < -0.4 is 10.2 Å². The lowest BCUT2D eigenvalue weighted by molar-refractivity contribution is 0.0955. The van der Waals surface area contributed by atoms with Gasteiger partial charge in [0, 0.05) is 18.4 Å². The van der Waals surface area contributed by atoms with Crippen LogP contribution in [0, 0.1) is 0 Å². The molecule has 0 aliphatic carbocycles. The second kappa shape index (κ2) is 9.05. The number of aryl methyl sites for hydroxylation is 1. The smallest absolute Gasteiger partial charge is 0.271 e. The van der Waals surface area contributed by atoms with Crippen molar-refractivity contribution in [2.75, 3.05) is 7.11 Å². The predicted molar refractivity (Wildman–Crippen MR) is 107 cm³/mol. The number of aromatic nitrogens is 3. The maximum absolute atomic E-state index is 12.2. The largest absolute Gasteiger partial charge is 0.504 e. The molecule has 3 rings (SSSR count). The zero-order chi connectivity index (χ0) is 19.9. The molecule has 1 heterocycles. The molecule has 0 radical (unpaired) electrons. The van der Waals surface area contributed by atoms with Gasteiger partial charge in [-0.2, -0.15) is 5.10 Å². The number of ether oxygens (including phenoxy) is 1. The Bertz CT molecular complexity index is 985. The number of benzene rings is 2. The minimum absolute atomic E-state index is 0.0427. The van der Waals surface area contributed by atoms with Crippen molar-refractivity contribution < 1.29 is 14.6 Å². The highest BCUT2D eigenvalue weighted by Gasteiger charge is 2.06. The van der Waals surface area contributed by atoms with E-state index in [1.54, 1.807) is 42.4 Å². The highest BCUT2D eigenvalue weighted by atomic mass is 32.2. The van der Waals surface area contributed by atoms with Crippen LogP contribution in [0.1, 0.15) is 21.5 Å². The molecule has 0 saturated carbocycles. The number of hydrogen-bond donors (Lipinski definition) is 2. The van der Waals surface area contributed by atoms with Gasteiger partial charge in [-0.1, -0.05) is 23.9 Å². The monoisotopic (exact) mass is 397 g/mol. The molecular formula is C19H19N5O3S. The number of thioether (sulfide) groups is 1. The molecule has 0 atom stereocenters. The van der Waals surface area contributed by atoms with Crippen LogP contribution in [0.3, 0.4) is 0 Å². The molecule has 2 aromatic carbocycles. The predicted octanol–water partition coefficient (Wildman–Crippen LogP) is 2.59. The van der Waals surface area contributed by atoms with Crippen LogP contribution >= 0.6 is 11.8 Å². The number of nitrogens with zero attached hydrogens (tertiary/aromatic N) is 4. The molecule has 2 N–H and O–H groups in total. The van der Waals surface area contributed by atoms with Gasteiger partial charge in [0.25, 0.3) is 5.91 Å². The Kier molecular flexibility index (Phi) is 6.28. The molecule has 0 saturated heterocycles. The third kappa shape index (κ3) is 4.89. The van der Waals surface area contributed by atoms with Gasteiger partial charge in [-0.15, -0.1) is 10.2 Å². The summed E-state index contributed by atoms with van der Waals surface area (Å²) in [6, 6.07) is 12.1. The lowest BCUT2D eigenvalue weighted by Gasteiger charge is -2.04. The second-order valence-corrected chi connectivity index (χ2v) is 6.78. The van der Waals surface area contributed by atoms with Gasteiger partial charge in [0.2, 0.25) is 0 Å². The quantitative estimate of drug-likeness (QED) is 0.361. The average Bonchev–Trinajstić information content (AvgIpc) is 3.12. The van der Waals surface area contributed by atoms with Crippen LogP contribution in [0.25, 0.3) is 0 Å². The van der Waals surface area contributed by atoms with Crippen molar-refractivity contribution in [2.45, 2.75) is 10.9 Å². The van der Waals surface area contributed by atoms with Crippen molar-refractivity contribution in [3.63, 3.8) is 0 Å². The summed E-state index contributed by atoms with van der Waals surface area (Å²) in [5, 5.41) is 22.2. The second-order valence-electron chi connectivity index (χ2n) is 5.84. The summed E-state index contributed by atoms with van der Waals surface area (Å²) in [6.45, 7) is 0. The Morgan fingerprint density at radius 3 is 2.79 bits per heavy atom. The maximum atomic E-state index is 12.2. The van der Waals surface area contributed by atoms with Crippen molar-refractivity contribution in [3.05, 3.63) is 65.5 Å². The van der Waals surface area contributed by atoms with Gasteiger partial charge in [0.05, 0.1) is 13.3 Å². The van der Waals surface area contributed by atoms with Crippen molar-refractivity contribution in [2.24, 2.45) is 12.1 Å². The van der Waals surface area contributed by atoms with E-state index in [1.165, 1.54) is 19.4 Å². The number of hydrazone groups is 1. The number of rotatable bonds is 7. The van der Waals surface area contributed by atoms with E-state index in [0.717, 1.165) is 16.5 Å². The van der Waals surface area contributed by atoms with E-state index in [2.05, 4.69) is 20.7 Å². The van der Waals surface area contributed by atoms with E-state index in [9.17, 15) is 9.90 Å². The number of methoxy groups -OCH3 is 1. The molecule has 0 unspecified atom stereocenters. The van der Waals surface area contributed by atoms with E-state index >= 15 is 0 Å². The van der Waals surface area contributed by atoms with E-state index in [-0.39, 0.29) is 11.7 Å². The van der Waals surface area contributed by atoms with Crippen LogP contribution in [-0.4, -0.2) is 39.1 Å². The summed E-state index contributed by atoms with van der Waals surface area (Å²) in [7, 11) is 3.36. The fourth-order valence-electron chi connectivity index (χ4n) is 2.31. The number of phenols is 1. The number of phenolic OH excluding ortho intramolecular Hbond substituents is 1. The average molecular weight is 397 g/mol. The topological polar surface area (TPSA) is 102 Å². The summed E-state index contributed by atoms with van der Waals surface area (Å²) in [4.78, 5) is 12.2. The van der Waals surface area contributed by atoms with E-state index in [1.807, 2.05) is 23.7 Å². The van der Waals surface area contributed by atoms with Crippen molar-refractivity contribution in [3.8, 4) is 11.5 Å². The molecule has 9 heteroatoms. The normalized spacial score (nSPS) is 10.9. The molecular weight excluding hydrogens is 378 g/mol. The SMILES string of the molecule is COc1cc(/C=N/NC(=O)c2ccc(CSc3nncn3C)cc2)ccc1O. The number of carbonyl (C=O) groups excluding carboxylic acids is 1. The van der Waals surface area contributed by atoms with E-state index < -0.39 is 0 Å². The number of hydrogen-bond acceptors (Lipinski definition) is 7. The Labute approximate surface area is 166 Å². The van der Waals surface area contributed by atoms with Gasteiger partial charge in [-0.05, 0) is 41.5 Å². The highest BCUT2D eigenvalue weighted by Crippen LogP contribution is 2.25. The van der Waals surface area contributed by atoms with Gasteiger partial charge in [0.15, 0.2) is 16.7 Å². The van der Waals surface area contributed by atoms with Crippen LogP contribution in [0.4, 0.5) is 0 Å². The fourth-order valence-corrected chi connectivity index (χ4v) is 3.15. The molecule has 28 heavy (non-hydrogen) atoms. The molecule has 8 nitrogen and oxygen atoms in total. The molecule has 0 aliphatic heterocycles. The summed E-state index contributed by atoms with van der Waals surface area (Å²) in [5.41, 5.74) is 4.75. The van der Waals surface area contributed by atoms with Crippen LogP contribution in [0.15, 0.2) is 59.0 Å². The lowest BCUT2D eigenvalue weighted by Crippen LogP contribution is -2.17. The number of carbonyl (C=O) groups is 1. The summed E-state index contributed by atoms with van der Waals surface area (Å²) in [5.74, 6) is 0.801. The minimum Gasteiger partial charge on any atom is -0.504 e. The Morgan fingerprint density at radius 1 is 1.32 bits per heavy atom. The van der Waals surface area contributed by atoms with E-state index in [4.69, 9.17) is 4.74 Å². The molecule has 144 valence electrons. The molecule has 0 fully saturated rings. The summed E-state index contributed by atoms with van der Waals surface area (Å²) < 4.78 is 6.89. The zero-order valence-electron chi connectivity index (χ0n) is 15.4. The first kappa shape index (κ1) is 19.4. The molecule has 3 aromatic rings. The number of nitrogens with one attached hydrogen (secondary N) is 1. The van der Waals surface area contributed by atoms with Gasteiger partial charge in [-0.25, -0.2) is 5.43 Å². The van der Waals surface area contributed by atoms with Crippen molar-refractivity contribution in [1.82, 2.24) is 20.2 Å². The van der Waals surface area contributed by atoms with Crippen molar-refractivity contribution in [1.29, 1.82) is 0 Å². The number of amides is 1. The third-order valence-electron chi connectivity index (χ3n) is 3.84. The van der Waals surface area contributed by atoms with Gasteiger partial charge < -0.3 is 14.4 Å². The summed E-state index contributed by atoms with van der Waals surface area (Å²) in [6.07, 6.45) is 3.14. The van der Waals surface area contributed by atoms with Gasteiger partial charge >= 0.3 is 0 Å². The van der Waals surface area contributed by atoms with Gasteiger partial charge in [-0.3, -0.25) is 4.79 Å². The molecule has 0 spiro atoms. The Balaban J connectivity index is 1.55. The van der Waals surface area contributed by atoms with E-state index in [0.29, 0.717) is 16.9 Å². The molecule has 1 amide bonds. The van der Waals surface area contributed by atoms with Crippen molar-refractivity contribution >= 4 is 23.9 Å². The standard InChI is InChI=1S/C19H19N5O3S/c1-24-12-21-23-19(24)28-11-13-3-6-15(7-4-13)18(26)22-20-10-14-5-8-16(25)17(9-14)27-2/h3-10,12,25H,11H2,1-2H3,(H,22,26)/b20-10+. The minimum atomic E-state index is -0.311. The Hall–Kier alpha value is -3.33. The maximum Gasteiger partial charge on any atom is 0.271 e.